The summed E-state index contributed by atoms with van der Waals surface area (Å²) in [7, 11) is 0. The molecule has 6 heteroatoms. The number of rotatable bonds is 4. The van der Waals surface area contributed by atoms with Crippen LogP contribution in [0.5, 0.6) is 0 Å². The zero-order valence-corrected chi connectivity index (χ0v) is 14.5. The summed E-state index contributed by atoms with van der Waals surface area (Å²) < 4.78 is 0. The predicted molar refractivity (Wildman–Crippen MR) is 95.1 cm³/mol. The molecule has 1 unspecified atom stereocenters. The van der Waals surface area contributed by atoms with Crippen LogP contribution in [0.25, 0.3) is 10.2 Å². The Balaban J connectivity index is 2.01. The largest absolute Gasteiger partial charge is 0.354 e. The van der Waals surface area contributed by atoms with Crippen molar-refractivity contribution in [2.45, 2.75) is 32.4 Å². The predicted octanol–water partition coefficient (Wildman–Crippen LogP) is 3.76. The highest BCUT2D eigenvalue weighted by molar-refractivity contribution is 8.00. The van der Waals surface area contributed by atoms with E-state index in [1.807, 2.05) is 11.8 Å². The van der Waals surface area contributed by atoms with Crippen molar-refractivity contribution in [3.8, 4) is 0 Å². The standard InChI is InChI=1S/C15H22N4S2/c1-4-5-16-15-17-13(19-6-7-20-11(3)9-19)12-8-10(2)21-14(12)18-15/h8,11H,4-7,9H2,1-3H3,(H,16,17,18). The monoisotopic (exact) mass is 322 g/mol. The molecular weight excluding hydrogens is 300 g/mol. The van der Waals surface area contributed by atoms with Crippen molar-refractivity contribution in [1.82, 2.24) is 9.97 Å². The highest BCUT2D eigenvalue weighted by Crippen LogP contribution is 2.33. The van der Waals surface area contributed by atoms with Gasteiger partial charge in [0.1, 0.15) is 10.6 Å². The van der Waals surface area contributed by atoms with Gasteiger partial charge in [0.2, 0.25) is 5.95 Å². The van der Waals surface area contributed by atoms with E-state index in [9.17, 15) is 0 Å². The highest BCUT2D eigenvalue weighted by atomic mass is 32.2. The van der Waals surface area contributed by atoms with Crippen LogP contribution >= 0.6 is 23.1 Å². The molecule has 2 aromatic heterocycles. The Morgan fingerprint density at radius 3 is 3.05 bits per heavy atom. The van der Waals surface area contributed by atoms with Crippen molar-refractivity contribution in [2.24, 2.45) is 0 Å². The summed E-state index contributed by atoms with van der Waals surface area (Å²) in [4.78, 5) is 14.3. The lowest BCUT2D eigenvalue weighted by atomic mass is 10.3. The van der Waals surface area contributed by atoms with Crippen LogP contribution in [0, 0.1) is 6.92 Å². The van der Waals surface area contributed by atoms with E-state index in [2.05, 4.69) is 42.0 Å². The number of aromatic nitrogens is 2. The minimum absolute atomic E-state index is 0.663. The molecule has 0 aliphatic carbocycles. The minimum Gasteiger partial charge on any atom is -0.354 e. The summed E-state index contributed by atoms with van der Waals surface area (Å²) in [5, 5.41) is 5.21. The van der Waals surface area contributed by atoms with Gasteiger partial charge in [0, 0.05) is 35.5 Å². The lowest BCUT2D eigenvalue weighted by Gasteiger charge is -2.32. The van der Waals surface area contributed by atoms with Gasteiger partial charge >= 0.3 is 0 Å². The third-order valence-electron chi connectivity index (χ3n) is 3.57. The Kier molecular flexibility index (Phi) is 4.54. The van der Waals surface area contributed by atoms with Gasteiger partial charge in [-0.2, -0.15) is 16.7 Å². The molecule has 3 heterocycles. The molecule has 0 bridgehead atoms. The molecule has 1 fully saturated rings. The fraction of sp³-hybridized carbons (Fsp3) is 0.600. The molecule has 1 aliphatic heterocycles. The number of thiophene rings is 1. The lowest BCUT2D eigenvalue weighted by Crippen LogP contribution is -2.37. The number of nitrogens with one attached hydrogen (secondary N) is 1. The Hall–Kier alpha value is -1.01. The van der Waals surface area contributed by atoms with Crippen molar-refractivity contribution in [1.29, 1.82) is 0 Å². The second-order valence-corrected chi connectivity index (χ2v) is 8.28. The van der Waals surface area contributed by atoms with Crippen LogP contribution < -0.4 is 10.2 Å². The number of nitrogens with zero attached hydrogens (tertiary/aromatic N) is 3. The second-order valence-electron chi connectivity index (χ2n) is 5.50. The molecule has 4 nitrogen and oxygen atoms in total. The molecule has 21 heavy (non-hydrogen) atoms. The second kappa shape index (κ2) is 6.40. The van der Waals surface area contributed by atoms with E-state index < -0.39 is 0 Å². The van der Waals surface area contributed by atoms with Crippen molar-refractivity contribution in [3.63, 3.8) is 0 Å². The van der Waals surface area contributed by atoms with Gasteiger partial charge in [0.05, 0.1) is 5.39 Å². The summed E-state index contributed by atoms with van der Waals surface area (Å²) in [5.41, 5.74) is 0. The first kappa shape index (κ1) is 14.9. The average Bonchev–Trinajstić information content (AvgIpc) is 2.84. The van der Waals surface area contributed by atoms with Crippen LogP contribution in [0.1, 0.15) is 25.1 Å². The van der Waals surface area contributed by atoms with Gasteiger partial charge in [-0.15, -0.1) is 11.3 Å². The van der Waals surface area contributed by atoms with Gasteiger partial charge in [0.15, 0.2) is 0 Å². The Bertz CT molecular complexity index is 625. The lowest BCUT2D eigenvalue weighted by molar-refractivity contribution is 0.772. The summed E-state index contributed by atoms with van der Waals surface area (Å²) in [5.74, 6) is 3.05. The van der Waals surface area contributed by atoms with Crippen molar-refractivity contribution in [3.05, 3.63) is 10.9 Å². The van der Waals surface area contributed by atoms with E-state index in [-0.39, 0.29) is 0 Å². The summed E-state index contributed by atoms with van der Waals surface area (Å²) in [6, 6.07) is 2.23. The zero-order valence-electron chi connectivity index (χ0n) is 12.8. The van der Waals surface area contributed by atoms with Crippen LogP contribution in [0.15, 0.2) is 6.07 Å². The normalized spacial score (nSPS) is 19.2. The van der Waals surface area contributed by atoms with E-state index >= 15 is 0 Å². The summed E-state index contributed by atoms with van der Waals surface area (Å²) in [6.45, 7) is 9.66. The summed E-state index contributed by atoms with van der Waals surface area (Å²) in [6.07, 6.45) is 1.08. The van der Waals surface area contributed by atoms with Crippen molar-refractivity contribution in [2.75, 3.05) is 35.6 Å². The van der Waals surface area contributed by atoms with Crippen LogP contribution in [-0.4, -0.2) is 40.6 Å². The number of thioether (sulfide) groups is 1. The maximum absolute atomic E-state index is 4.81. The molecule has 1 atom stereocenters. The van der Waals surface area contributed by atoms with Gasteiger partial charge in [-0.05, 0) is 19.4 Å². The third-order valence-corrected chi connectivity index (χ3v) is 5.65. The Morgan fingerprint density at radius 1 is 1.43 bits per heavy atom. The fourth-order valence-corrected chi connectivity index (χ4v) is 4.48. The average molecular weight is 323 g/mol. The van der Waals surface area contributed by atoms with E-state index in [0.29, 0.717) is 5.25 Å². The van der Waals surface area contributed by atoms with Crippen LogP contribution in [-0.2, 0) is 0 Å². The number of hydrogen-bond donors (Lipinski definition) is 1. The highest BCUT2D eigenvalue weighted by Gasteiger charge is 2.21. The van der Waals surface area contributed by atoms with Gasteiger partial charge < -0.3 is 10.2 Å². The molecule has 0 saturated carbocycles. The molecule has 3 rings (SSSR count). The molecule has 0 spiro atoms. The number of aryl methyl sites for hydroxylation is 1. The topological polar surface area (TPSA) is 41.1 Å². The van der Waals surface area contributed by atoms with Gasteiger partial charge in [-0.25, -0.2) is 4.98 Å². The quantitative estimate of drug-likeness (QED) is 0.928. The molecule has 0 aromatic carbocycles. The zero-order chi connectivity index (χ0) is 14.8. The van der Waals surface area contributed by atoms with E-state index in [4.69, 9.17) is 4.98 Å². The fourth-order valence-electron chi connectivity index (χ4n) is 2.59. The maximum Gasteiger partial charge on any atom is 0.226 e. The Morgan fingerprint density at radius 2 is 2.29 bits per heavy atom. The number of anilines is 2. The molecule has 0 radical (unpaired) electrons. The van der Waals surface area contributed by atoms with Crippen LogP contribution in [0.3, 0.4) is 0 Å². The first-order valence-corrected chi connectivity index (χ1v) is 9.42. The van der Waals surface area contributed by atoms with Crippen LogP contribution in [0.4, 0.5) is 11.8 Å². The van der Waals surface area contributed by atoms with Crippen molar-refractivity contribution < 1.29 is 0 Å². The van der Waals surface area contributed by atoms with Gasteiger partial charge in [0.25, 0.3) is 0 Å². The Labute approximate surface area is 134 Å². The summed E-state index contributed by atoms with van der Waals surface area (Å²) >= 11 is 3.80. The minimum atomic E-state index is 0.663. The molecule has 2 aromatic rings. The molecule has 114 valence electrons. The molecule has 1 N–H and O–H groups in total. The third kappa shape index (κ3) is 3.26. The first-order valence-electron chi connectivity index (χ1n) is 7.56. The molecule has 0 amide bonds. The van der Waals surface area contributed by atoms with Crippen LogP contribution in [0.2, 0.25) is 0 Å². The van der Waals surface area contributed by atoms with Crippen molar-refractivity contribution >= 4 is 45.1 Å². The maximum atomic E-state index is 4.81. The number of fused-ring (bicyclic) bond motifs is 1. The SMILES string of the molecule is CCCNc1nc(N2CCSC(C)C2)c2cc(C)sc2n1. The van der Waals surface area contributed by atoms with Gasteiger partial charge in [-0.3, -0.25) is 0 Å². The van der Waals surface area contributed by atoms with E-state index in [1.54, 1.807) is 11.3 Å². The van der Waals surface area contributed by atoms with E-state index in [0.717, 1.165) is 42.7 Å². The number of hydrogen-bond acceptors (Lipinski definition) is 6. The molecule has 1 aliphatic rings. The smallest absolute Gasteiger partial charge is 0.226 e. The van der Waals surface area contributed by atoms with E-state index in [1.165, 1.54) is 16.0 Å². The van der Waals surface area contributed by atoms with Gasteiger partial charge in [-0.1, -0.05) is 13.8 Å². The molecular formula is C15H22N4S2. The molecule has 1 saturated heterocycles. The first-order chi connectivity index (χ1) is 10.2.